The monoisotopic (exact) mass is 234 g/mol. The Bertz CT molecular complexity index is 380. The number of amides is 1. The number of rotatable bonds is 4. The van der Waals surface area contributed by atoms with Gasteiger partial charge in [0.1, 0.15) is 0 Å². The van der Waals surface area contributed by atoms with Crippen LogP contribution in [0.15, 0.2) is 24.3 Å². The van der Waals surface area contributed by atoms with Crippen LogP contribution in [-0.4, -0.2) is 19.0 Å². The van der Waals surface area contributed by atoms with Crippen LogP contribution in [0.2, 0.25) is 0 Å². The summed E-state index contributed by atoms with van der Waals surface area (Å²) in [6.45, 7) is 9.51. The van der Waals surface area contributed by atoms with Gasteiger partial charge < -0.3 is 10.6 Å². The summed E-state index contributed by atoms with van der Waals surface area (Å²) in [5.74, 6) is 0.00948. The maximum atomic E-state index is 10.7. The quantitative estimate of drug-likeness (QED) is 0.786. The SMILES string of the molecule is CC(=O)NCCNc1cccc(C(C)(C)C)c1. The molecule has 0 spiro atoms. The highest BCUT2D eigenvalue weighted by Crippen LogP contribution is 2.24. The zero-order valence-electron chi connectivity index (χ0n) is 11.1. The van der Waals surface area contributed by atoms with E-state index >= 15 is 0 Å². The van der Waals surface area contributed by atoms with E-state index in [0.29, 0.717) is 6.54 Å². The molecule has 0 aromatic heterocycles. The van der Waals surface area contributed by atoms with E-state index in [4.69, 9.17) is 0 Å². The van der Waals surface area contributed by atoms with Gasteiger partial charge in [-0.15, -0.1) is 0 Å². The topological polar surface area (TPSA) is 41.1 Å². The predicted molar refractivity (Wildman–Crippen MR) is 72.3 cm³/mol. The molecule has 0 aliphatic heterocycles. The molecule has 0 fully saturated rings. The number of nitrogens with one attached hydrogen (secondary N) is 2. The van der Waals surface area contributed by atoms with Gasteiger partial charge in [0.05, 0.1) is 0 Å². The normalized spacial score (nSPS) is 11.1. The molecule has 0 radical (unpaired) electrons. The van der Waals surface area contributed by atoms with Gasteiger partial charge in [-0.25, -0.2) is 0 Å². The molecule has 0 aliphatic rings. The van der Waals surface area contributed by atoms with Crippen LogP contribution in [0.4, 0.5) is 5.69 Å². The van der Waals surface area contributed by atoms with Crippen LogP contribution < -0.4 is 10.6 Å². The summed E-state index contributed by atoms with van der Waals surface area (Å²) >= 11 is 0. The van der Waals surface area contributed by atoms with E-state index in [1.54, 1.807) is 0 Å². The van der Waals surface area contributed by atoms with Crippen LogP contribution in [0.3, 0.4) is 0 Å². The fraction of sp³-hybridized carbons (Fsp3) is 0.500. The first kappa shape index (κ1) is 13.6. The molecular weight excluding hydrogens is 212 g/mol. The van der Waals surface area contributed by atoms with Gasteiger partial charge in [-0.05, 0) is 23.1 Å². The van der Waals surface area contributed by atoms with Crippen molar-refractivity contribution in [2.24, 2.45) is 0 Å². The maximum absolute atomic E-state index is 10.7. The number of hydrogen-bond acceptors (Lipinski definition) is 2. The summed E-state index contributed by atoms with van der Waals surface area (Å²) in [6.07, 6.45) is 0. The summed E-state index contributed by atoms with van der Waals surface area (Å²) in [5.41, 5.74) is 2.57. The lowest BCUT2D eigenvalue weighted by atomic mass is 9.87. The molecule has 3 nitrogen and oxygen atoms in total. The van der Waals surface area contributed by atoms with Crippen LogP contribution >= 0.6 is 0 Å². The Morgan fingerprint density at radius 1 is 1.24 bits per heavy atom. The molecule has 0 atom stereocenters. The van der Waals surface area contributed by atoms with Crippen LogP contribution in [0.1, 0.15) is 33.3 Å². The molecule has 0 saturated heterocycles. The van der Waals surface area contributed by atoms with Crippen molar-refractivity contribution >= 4 is 11.6 Å². The van der Waals surface area contributed by atoms with Gasteiger partial charge in [0.25, 0.3) is 0 Å². The molecule has 3 heteroatoms. The van der Waals surface area contributed by atoms with Crippen molar-refractivity contribution in [3.8, 4) is 0 Å². The Morgan fingerprint density at radius 3 is 2.53 bits per heavy atom. The molecule has 1 rings (SSSR count). The number of hydrogen-bond donors (Lipinski definition) is 2. The van der Waals surface area contributed by atoms with Gasteiger partial charge in [-0.3, -0.25) is 4.79 Å². The second-order valence-electron chi connectivity index (χ2n) is 5.24. The Morgan fingerprint density at radius 2 is 1.94 bits per heavy atom. The minimum Gasteiger partial charge on any atom is -0.383 e. The highest BCUT2D eigenvalue weighted by Gasteiger charge is 2.13. The van der Waals surface area contributed by atoms with Gasteiger partial charge in [0.2, 0.25) is 5.91 Å². The van der Waals surface area contributed by atoms with E-state index in [2.05, 4.69) is 49.6 Å². The van der Waals surface area contributed by atoms with Crippen LogP contribution in [-0.2, 0) is 10.2 Å². The second kappa shape index (κ2) is 5.71. The smallest absolute Gasteiger partial charge is 0.216 e. The molecule has 1 aromatic carbocycles. The third-order valence-electron chi connectivity index (χ3n) is 2.56. The first-order valence-electron chi connectivity index (χ1n) is 5.98. The summed E-state index contributed by atoms with van der Waals surface area (Å²) < 4.78 is 0. The van der Waals surface area contributed by atoms with Crippen molar-refractivity contribution in [1.82, 2.24) is 5.32 Å². The number of carbonyl (C=O) groups excluding carboxylic acids is 1. The lowest BCUT2D eigenvalue weighted by Gasteiger charge is -2.20. The Kier molecular flexibility index (Phi) is 4.55. The molecule has 17 heavy (non-hydrogen) atoms. The molecule has 0 aliphatic carbocycles. The van der Waals surface area contributed by atoms with Crippen LogP contribution in [0, 0.1) is 0 Å². The number of carbonyl (C=O) groups is 1. The summed E-state index contributed by atoms with van der Waals surface area (Å²) in [5, 5.41) is 6.06. The Balaban J connectivity index is 2.52. The van der Waals surface area contributed by atoms with E-state index in [9.17, 15) is 4.79 Å². The average Bonchev–Trinajstić information content (AvgIpc) is 2.23. The highest BCUT2D eigenvalue weighted by molar-refractivity contribution is 5.72. The molecule has 1 aromatic rings. The first-order chi connectivity index (χ1) is 7.89. The van der Waals surface area contributed by atoms with Crippen LogP contribution in [0.5, 0.6) is 0 Å². The third-order valence-corrected chi connectivity index (χ3v) is 2.56. The van der Waals surface area contributed by atoms with Gasteiger partial charge in [0, 0.05) is 25.7 Å². The van der Waals surface area contributed by atoms with Crippen LogP contribution in [0.25, 0.3) is 0 Å². The maximum Gasteiger partial charge on any atom is 0.216 e. The molecule has 2 N–H and O–H groups in total. The lowest BCUT2D eigenvalue weighted by molar-refractivity contribution is -0.118. The Hall–Kier alpha value is -1.51. The summed E-state index contributed by atoms with van der Waals surface area (Å²) in [4.78, 5) is 10.7. The molecule has 0 saturated carbocycles. The minimum absolute atomic E-state index is 0.00948. The largest absolute Gasteiger partial charge is 0.383 e. The Labute approximate surface area is 104 Å². The van der Waals surface area contributed by atoms with E-state index in [1.165, 1.54) is 12.5 Å². The van der Waals surface area contributed by atoms with Gasteiger partial charge >= 0.3 is 0 Å². The molecule has 94 valence electrons. The predicted octanol–water partition coefficient (Wildman–Crippen LogP) is 2.53. The number of benzene rings is 1. The minimum atomic E-state index is 0.00948. The summed E-state index contributed by atoms with van der Waals surface area (Å²) in [6, 6.07) is 8.40. The second-order valence-corrected chi connectivity index (χ2v) is 5.24. The molecule has 0 heterocycles. The van der Waals surface area contributed by atoms with Crippen molar-refractivity contribution in [2.45, 2.75) is 33.1 Å². The van der Waals surface area contributed by atoms with Crippen molar-refractivity contribution < 1.29 is 4.79 Å². The van der Waals surface area contributed by atoms with Crippen molar-refractivity contribution in [2.75, 3.05) is 18.4 Å². The van der Waals surface area contributed by atoms with E-state index in [1.807, 2.05) is 6.07 Å². The fourth-order valence-corrected chi connectivity index (χ4v) is 1.54. The zero-order chi connectivity index (χ0) is 12.9. The van der Waals surface area contributed by atoms with E-state index < -0.39 is 0 Å². The molecular formula is C14H22N2O. The number of anilines is 1. The van der Waals surface area contributed by atoms with Crippen molar-refractivity contribution in [3.63, 3.8) is 0 Å². The highest BCUT2D eigenvalue weighted by atomic mass is 16.1. The fourth-order valence-electron chi connectivity index (χ4n) is 1.54. The molecule has 0 bridgehead atoms. The average molecular weight is 234 g/mol. The van der Waals surface area contributed by atoms with Crippen molar-refractivity contribution in [1.29, 1.82) is 0 Å². The molecule has 1 amide bonds. The first-order valence-corrected chi connectivity index (χ1v) is 5.98. The van der Waals surface area contributed by atoms with Gasteiger partial charge in [0.15, 0.2) is 0 Å². The van der Waals surface area contributed by atoms with Gasteiger partial charge in [-0.1, -0.05) is 32.9 Å². The van der Waals surface area contributed by atoms with E-state index in [-0.39, 0.29) is 11.3 Å². The van der Waals surface area contributed by atoms with Crippen molar-refractivity contribution in [3.05, 3.63) is 29.8 Å². The molecule has 0 unspecified atom stereocenters. The lowest BCUT2D eigenvalue weighted by Crippen LogP contribution is -2.26. The standard InChI is InChI=1S/C14H22N2O/c1-11(17)15-8-9-16-13-7-5-6-12(10-13)14(2,3)4/h5-7,10,16H,8-9H2,1-4H3,(H,15,17). The van der Waals surface area contributed by atoms with Gasteiger partial charge in [-0.2, -0.15) is 0 Å². The van der Waals surface area contributed by atoms with E-state index in [0.717, 1.165) is 12.2 Å². The third kappa shape index (κ3) is 4.89. The zero-order valence-corrected chi connectivity index (χ0v) is 11.1. The summed E-state index contributed by atoms with van der Waals surface area (Å²) in [7, 11) is 0.